The first-order valence-corrected chi connectivity index (χ1v) is 9.73. The molecule has 0 spiro atoms. The standard InChI is InChI=1S/C20H19BrF2N4O2/c21-15-12-14(6-7-16(15)22)25-18(24)17(28)20(23)8-10-27(11-9-20)19(29)26-13-4-2-1-3-5-13/h1-7,12H,8-11H2,(H2,24,25)(H,26,29). The second-order valence-corrected chi connectivity index (χ2v) is 7.56. The number of amidine groups is 1. The number of carbonyl (C=O) groups excluding carboxylic acids is 2. The lowest BCUT2D eigenvalue weighted by molar-refractivity contribution is -0.126. The molecule has 0 bridgehead atoms. The average Bonchev–Trinajstić information content (AvgIpc) is 2.71. The molecule has 1 heterocycles. The largest absolute Gasteiger partial charge is 0.338 e. The molecule has 1 aliphatic heterocycles. The molecule has 0 aliphatic carbocycles. The summed E-state index contributed by atoms with van der Waals surface area (Å²) >= 11 is 3.02. The minimum absolute atomic E-state index is 0.0519. The molecule has 2 aromatic carbocycles. The van der Waals surface area contributed by atoms with E-state index in [0.717, 1.165) is 0 Å². The van der Waals surface area contributed by atoms with Crippen LogP contribution in [-0.4, -0.2) is 41.3 Å². The Balaban J connectivity index is 1.57. The number of rotatable bonds is 4. The third-order valence-electron chi connectivity index (χ3n) is 4.69. The van der Waals surface area contributed by atoms with Crippen molar-refractivity contribution in [3.8, 4) is 0 Å². The molecular formula is C20H19BrF2N4O2. The lowest BCUT2D eigenvalue weighted by Gasteiger charge is -2.35. The summed E-state index contributed by atoms with van der Waals surface area (Å²) in [7, 11) is 0. The van der Waals surface area contributed by atoms with Crippen molar-refractivity contribution in [3.63, 3.8) is 0 Å². The van der Waals surface area contributed by atoms with Crippen molar-refractivity contribution in [1.82, 2.24) is 4.90 Å². The number of nitrogens with one attached hydrogen (secondary N) is 3. The van der Waals surface area contributed by atoms with E-state index in [4.69, 9.17) is 5.41 Å². The number of urea groups is 1. The van der Waals surface area contributed by atoms with Crippen molar-refractivity contribution < 1.29 is 18.4 Å². The van der Waals surface area contributed by atoms with Gasteiger partial charge in [0.2, 0.25) is 5.78 Å². The highest BCUT2D eigenvalue weighted by Gasteiger charge is 2.44. The molecule has 0 atom stereocenters. The van der Waals surface area contributed by atoms with E-state index < -0.39 is 23.1 Å². The van der Waals surface area contributed by atoms with Crippen molar-refractivity contribution >= 4 is 45.0 Å². The van der Waals surface area contributed by atoms with Gasteiger partial charge in [-0.05, 0) is 46.3 Å². The molecule has 0 radical (unpaired) electrons. The second kappa shape index (κ2) is 8.69. The Hall–Kier alpha value is -2.81. The van der Waals surface area contributed by atoms with Crippen LogP contribution in [0.15, 0.2) is 53.0 Å². The highest BCUT2D eigenvalue weighted by Crippen LogP contribution is 2.29. The average molecular weight is 465 g/mol. The van der Waals surface area contributed by atoms with Crippen molar-refractivity contribution in [2.24, 2.45) is 0 Å². The van der Waals surface area contributed by atoms with Crippen molar-refractivity contribution in [2.75, 3.05) is 23.7 Å². The van der Waals surface area contributed by atoms with E-state index >= 15 is 4.39 Å². The Labute approximate surface area is 174 Å². The molecule has 2 amide bonds. The van der Waals surface area contributed by atoms with Gasteiger partial charge < -0.3 is 15.5 Å². The summed E-state index contributed by atoms with van der Waals surface area (Å²) < 4.78 is 28.6. The summed E-state index contributed by atoms with van der Waals surface area (Å²) in [4.78, 5) is 26.2. The molecule has 0 unspecified atom stereocenters. The highest BCUT2D eigenvalue weighted by molar-refractivity contribution is 9.10. The first-order chi connectivity index (χ1) is 13.8. The predicted molar refractivity (Wildman–Crippen MR) is 111 cm³/mol. The summed E-state index contributed by atoms with van der Waals surface area (Å²) in [5.41, 5.74) is -1.31. The Morgan fingerprint density at radius 3 is 2.31 bits per heavy atom. The second-order valence-electron chi connectivity index (χ2n) is 6.71. The fourth-order valence-electron chi connectivity index (χ4n) is 3.01. The van der Waals surface area contributed by atoms with E-state index in [1.54, 1.807) is 24.3 Å². The maximum atomic E-state index is 15.2. The smallest absolute Gasteiger partial charge is 0.321 e. The van der Waals surface area contributed by atoms with Crippen LogP contribution in [0.1, 0.15) is 12.8 Å². The lowest BCUT2D eigenvalue weighted by atomic mass is 9.88. The predicted octanol–water partition coefficient (Wildman–Crippen LogP) is 4.58. The zero-order chi connectivity index (χ0) is 21.0. The van der Waals surface area contributed by atoms with Gasteiger partial charge in [-0.15, -0.1) is 0 Å². The van der Waals surface area contributed by atoms with Gasteiger partial charge >= 0.3 is 6.03 Å². The number of ketones is 1. The summed E-state index contributed by atoms with van der Waals surface area (Å²) in [5.74, 6) is -2.09. The summed E-state index contributed by atoms with van der Waals surface area (Å²) in [6.45, 7) is 0.104. The van der Waals surface area contributed by atoms with Crippen LogP contribution in [0.25, 0.3) is 0 Å². The lowest BCUT2D eigenvalue weighted by Crippen LogP contribution is -2.52. The summed E-state index contributed by atoms with van der Waals surface area (Å²) in [5, 5.41) is 13.1. The van der Waals surface area contributed by atoms with Crippen LogP contribution in [0.2, 0.25) is 0 Å². The number of Topliss-reactive ketones (excluding diaryl/α,β-unsaturated/α-hetero) is 1. The van der Waals surface area contributed by atoms with Crippen LogP contribution in [0.3, 0.4) is 0 Å². The molecule has 152 valence electrons. The van der Waals surface area contributed by atoms with Crippen LogP contribution in [0.5, 0.6) is 0 Å². The molecule has 1 saturated heterocycles. The fraction of sp³-hybridized carbons (Fsp3) is 0.250. The third kappa shape index (κ3) is 4.97. The third-order valence-corrected chi connectivity index (χ3v) is 5.30. The number of hydrogen-bond donors (Lipinski definition) is 3. The summed E-state index contributed by atoms with van der Waals surface area (Å²) in [6.07, 6.45) is -0.406. The van der Waals surface area contributed by atoms with E-state index in [0.29, 0.717) is 11.4 Å². The number of hydrogen-bond acceptors (Lipinski definition) is 3. The Morgan fingerprint density at radius 2 is 1.69 bits per heavy atom. The Bertz CT molecular complexity index is 931. The van der Waals surface area contributed by atoms with Crippen molar-refractivity contribution in [2.45, 2.75) is 18.5 Å². The molecule has 3 rings (SSSR count). The van der Waals surface area contributed by atoms with E-state index in [-0.39, 0.29) is 36.4 Å². The molecule has 6 nitrogen and oxygen atoms in total. The van der Waals surface area contributed by atoms with Crippen LogP contribution in [-0.2, 0) is 4.79 Å². The van der Waals surface area contributed by atoms with Gasteiger partial charge in [0, 0.05) is 37.3 Å². The molecule has 0 saturated carbocycles. The number of carbonyl (C=O) groups is 2. The van der Waals surface area contributed by atoms with E-state index in [9.17, 15) is 14.0 Å². The topological polar surface area (TPSA) is 85.3 Å². The zero-order valence-electron chi connectivity index (χ0n) is 15.3. The molecule has 1 fully saturated rings. The van der Waals surface area contributed by atoms with Crippen LogP contribution in [0, 0.1) is 11.2 Å². The molecule has 9 heteroatoms. The number of likely N-dealkylation sites (tertiary alicyclic amines) is 1. The maximum absolute atomic E-state index is 15.2. The SMILES string of the molecule is N=C(Nc1ccc(F)c(Br)c1)C(=O)C1(F)CCN(C(=O)Nc2ccccc2)CC1. The molecular weight excluding hydrogens is 446 g/mol. The quantitative estimate of drug-likeness (QED) is 0.457. The normalized spacial score (nSPS) is 15.5. The van der Waals surface area contributed by atoms with Gasteiger partial charge in [-0.1, -0.05) is 18.2 Å². The minimum Gasteiger partial charge on any atom is -0.338 e. The molecule has 1 aliphatic rings. The first-order valence-electron chi connectivity index (χ1n) is 8.94. The molecule has 0 aromatic heterocycles. The van der Waals surface area contributed by atoms with Crippen LogP contribution < -0.4 is 10.6 Å². The molecule has 29 heavy (non-hydrogen) atoms. The van der Waals surface area contributed by atoms with Gasteiger partial charge in [0.25, 0.3) is 0 Å². The van der Waals surface area contributed by atoms with E-state index in [2.05, 4.69) is 26.6 Å². The maximum Gasteiger partial charge on any atom is 0.321 e. The van der Waals surface area contributed by atoms with Crippen LogP contribution >= 0.6 is 15.9 Å². The number of piperidine rings is 1. The first kappa shape index (κ1) is 20.9. The van der Waals surface area contributed by atoms with Gasteiger partial charge in [-0.3, -0.25) is 10.2 Å². The number of anilines is 2. The molecule has 3 N–H and O–H groups in total. The summed E-state index contributed by atoms with van der Waals surface area (Å²) in [6, 6.07) is 12.4. The van der Waals surface area contributed by atoms with Gasteiger partial charge in [0.1, 0.15) is 5.82 Å². The number of amides is 2. The van der Waals surface area contributed by atoms with E-state index in [1.165, 1.54) is 23.1 Å². The number of benzene rings is 2. The van der Waals surface area contributed by atoms with Crippen molar-refractivity contribution in [3.05, 3.63) is 58.8 Å². The number of para-hydroxylation sites is 1. The molecule has 2 aromatic rings. The fourth-order valence-corrected chi connectivity index (χ4v) is 3.39. The van der Waals surface area contributed by atoms with E-state index in [1.807, 2.05) is 6.07 Å². The minimum atomic E-state index is -2.23. The monoisotopic (exact) mass is 464 g/mol. The number of alkyl halides is 1. The van der Waals surface area contributed by atoms with Gasteiger partial charge in [-0.2, -0.15) is 0 Å². The Kier molecular flexibility index (Phi) is 6.26. The van der Waals surface area contributed by atoms with Gasteiger partial charge in [0.15, 0.2) is 11.5 Å². The number of halogens is 3. The zero-order valence-corrected chi connectivity index (χ0v) is 16.9. The van der Waals surface area contributed by atoms with Gasteiger partial charge in [-0.25, -0.2) is 13.6 Å². The van der Waals surface area contributed by atoms with Crippen LogP contribution in [0.4, 0.5) is 25.0 Å². The van der Waals surface area contributed by atoms with Crippen molar-refractivity contribution in [1.29, 1.82) is 5.41 Å². The van der Waals surface area contributed by atoms with Gasteiger partial charge in [0.05, 0.1) is 4.47 Å². The highest BCUT2D eigenvalue weighted by atomic mass is 79.9. The Morgan fingerprint density at radius 1 is 1.03 bits per heavy atom. The number of nitrogens with zero attached hydrogens (tertiary/aromatic N) is 1.